The normalized spacial score (nSPS) is 11.3. The molecule has 3 rings (SSSR count). The van der Waals surface area contributed by atoms with Gasteiger partial charge in [0, 0.05) is 10.6 Å². The summed E-state index contributed by atoms with van der Waals surface area (Å²) < 4.78 is 36.9. The average Bonchev–Trinajstić information content (AvgIpc) is 2.77. The van der Waals surface area contributed by atoms with E-state index in [0.29, 0.717) is 21.9 Å². The molecule has 0 spiro atoms. The molecular weight excluding hydrogens is 472 g/mol. The second-order valence-corrected chi connectivity index (χ2v) is 10.9. The lowest BCUT2D eigenvalue weighted by Gasteiger charge is -2.19. The van der Waals surface area contributed by atoms with Crippen molar-refractivity contribution in [2.45, 2.75) is 43.1 Å². The van der Waals surface area contributed by atoms with Gasteiger partial charge in [-0.2, -0.15) is 0 Å². The molecule has 7 heteroatoms. The number of esters is 1. The van der Waals surface area contributed by atoms with Crippen LogP contribution in [-0.2, 0) is 19.4 Å². The van der Waals surface area contributed by atoms with E-state index in [4.69, 9.17) is 21.1 Å². The molecule has 0 radical (unpaired) electrons. The fourth-order valence-corrected chi connectivity index (χ4v) is 4.49. The monoisotopic (exact) mass is 496 g/mol. The Morgan fingerprint density at radius 2 is 1.59 bits per heavy atom. The van der Waals surface area contributed by atoms with Crippen LogP contribution >= 0.6 is 11.6 Å². The molecule has 0 fully saturated rings. The molecule has 34 heavy (non-hydrogen) atoms. The topological polar surface area (TPSA) is 69.7 Å². The smallest absolute Gasteiger partial charge is 0.344 e. The number of ether oxygens (including phenoxy) is 2. The minimum absolute atomic E-state index is 0.154. The van der Waals surface area contributed by atoms with Gasteiger partial charge in [0.25, 0.3) is 0 Å². The molecule has 0 heterocycles. The second-order valence-electron chi connectivity index (χ2n) is 8.56. The summed E-state index contributed by atoms with van der Waals surface area (Å²) in [5.74, 6) is 5.88. The number of rotatable bonds is 5. The molecule has 0 aromatic heterocycles. The summed E-state index contributed by atoms with van der Waals surface area (Å²) in [6.07, 6.45) is 0. The van der Waals surface area contributed by atoms with Crippen LogP contribution in [0.5, 0.6) is 5.75 Å². The van der Waals surface area contributed by atoms with Gasteiger partial charge in [-0.3, -0.25) is 0 Å². The SMILES string of the molecule is Cc1ccc(S(=O)(=O)c2ccccc2)cc1C#Cc1cc(Cl)ccc1OCC(=O)OC(C)(C)C. The Kier molecular flexibility index (Phi) is 7.71. The number of benzene rings is 3. The minimum atomic E-state index is -3.67. The van der Waals surface area contributed by atoms with Crippen LogP contribution in [0.2, 0.25) is 5.02 Å². The van der Waals surface area contributed by atoms with Crippen molar-refractivity contribution in [2.75, 3.05) is 6.61 Å². The molecule has 0 unspecified atom stereocenters. The zero-order valence-corrected chi connectivity index (χ0v) is 21.0. The first-order valence-electron chi connectivity index (χ1n) is 10.5. The van der Waals surface area contributed by atoms with Crippen LogP contribution in [0.1, 0.15) is 37.5 Å². The van der Waals surface area contributed by atoms with Gasteiger partial charge in [0.05, 0.1) is 15.4 Å². The standard InChI is InChI=1S/C27H25ClO5S/c1-19-10-14-24(34(30,31)23-8-6-5-7-9-23)17-20(19)11-12-21-16-22(28)13-15-25(21)32-18-26(29)33-27(2,3)4/h5-10,13-17H,18H2,1-4H3. The molecule has 0 aliphatic carbocycles. The van der Waals surface area contributed by atoms with E-state index in [-0.39, 0.29) is 16.4 Å². The Hall–Kier alpha value is -3.27. The van der Waals surface area contributed by atoms with E-state index < -0.39 is 21.4 Å². The summed E-state index contributed by atoms with van der Waals surface area (Å²) in [7, 11) is -3.67. The maximum atomic E-state index is 13.0. The van der Waals surface area contributed by atoms with E-state index in [9.17, 15) is 13.2 Å². The summed E-state index contributed by atoms with van der Waals surface area (Å²) in [5.41, 5.74) is 1.21. The largest absolute Gasteiger partial charge is 0.481 e. The molecule has 0 N–H and O–H groups in total. The van der Waals surface area contributed by atoms with Gasteiger partial charge >= 0.3 is 5.97 Å². The fourth-order valence-electron chi connectivity index (χ4n) is 3.01. The van der Waals surface area contributed by atoms with Crippen molar-refractivity contribution in [3.05, 3.63) is 88.4 Å². The molecule has 3 aromatic carbocycles. The Balaban J connectivity index is 1.91. The van der Waals surface area contributed by atoms with Crippen molar-refractivity contribution in [1.29, 1.82) is 0 Å². The van der Waals surface area contributed by atoms with Crippen molar-refractivity contribution in [3.63, 3.8) is 0 Å². The van der Waals surface area contributed by atoms with E-state index in [1.165, 1.54) is 0 Å². The molecule has 0 bridgehead atoms. The predicted molar refractivity (Wildman–Crippen MR) is 132 cm³/mol. The lowest BCUT2D eigenvalue weighted by Crippen LogP contribution is -2.27. The summed E-state index contributed by atoms with van der Waals surface area (Å²) in [6.45, 7) is 6.90. The Morgan fingerprint density at radius 1 is 0.912 bits per heavy atom. The highest BCUT2D eigenvalue weighted by Gasteiger charge is 2.19. The van der Waals surface area contributed by atoms with Gasteiger partial charge in [-0.05, 0) is 75.7 Å². The van der Waals surface area contributed by atoms with Crippen molar-refractivity contribution < 1.29 is 22.7 Å². The molecule has 0 amide bonds. The van der Waals surface area contributed by atoms with Gasteiger partial charge < -0.3 is 9.47 Å². The third-order valence-electron chi connectivity index (χ3n) is 4.61. The summed E-state index contributed by atoms with van der Waals surface area (Å²) >= 11 is 6.14. The maximum absolute atomic E-state index is 13.0. The van der Waals surface area contributed by atoms with Crippen LogP contribution < -0.4 is 4.74 Å². The molecule has 0 saturated heterocycles. The third-order valence-corrected chi connectivity index (χ3v) is 6.61. The predicted octanol–water partition coefficient (Wildman–Crippen LogP) is 5.60. The highest BCUT2D eigenvalue weighted by atomic mass is 35.5. The van der Waals surface area contributed by atoms with Crippen molar-refractivity contribution in [2.24, 2.45) is 0 Å². The molecule has 176 valence electrons. The van der Waals surface area contributed by atoms with Gasteiger partial charge in [0.1, 0.15) is 11.4 Å². The van der Waals surface area contributed by atoms with Gasteiger partial charge in [0.15, 0.2) is 6.61 Å². The Morgan fingerprint density at radius 3 is 2.26 bits per heavy atom. The van der Waals surface area contributed by atoms with Crippen molar-refractivity contribution in [1.82, 2.24) is 0 Å². The summed E-state index contributed by atoms with van der Waals surface area (Å²) in [4.78, 5) is 12.4. The summed E-state index contributed by atoms with van der Waals surface area (Å²) in [6, 6.07) is 18.0. The number of halogens is 1. The average molecular weight is 497 g/mol. The Labute approximate surface area is 205 Å². The minimum Gasteiger partial charge on any atom is -0.481 e. The quantitative estimate of drug-likeness (QED) is 0.339. The van der Waals surface area contributed by atoms with Crippen LogP contribution in [0.25, 0.3) is 0 Å². The van der Waals surface area contributed by atoms with Crippen molar-refractivity contribution >= 4 is 27.4 Å². The van der Waals surface area contributed by atoms with Crippen LogP contribution in [0.4, 0.5) is 0 Å². The summed E-state index contributed by atoms with van der Waals surface area (Å²) in [5, 5.41) is 0.450. The maximum Gasteiger partial charge on any atom is 0.344 e. The van der Waals surface area contributed by atoms with Crippen molar-refractivity contribution in [3.8, 4) is 17.6 Å². The molecule has 0 atom stereocenters. The van der Waals surface area contributed by atoms with Gasteiger partial charge in [0.2, 0.25) is 9.84 Å². The van der Waals surface area contributed by atoms with E-state index >= 15 is 0 Å². The van der Waals surface area contributed by atoms with E-state index in [1.54, 1.807) is 87.5 Å². The lowest BCUT2D eigenvalue weighted by molar-refractivity contribution is -0.157. The first-order chi connectivity index (χ1) is 16.0. The molecule has 0 aliphatic rings. The molecule has 3 aromatic rings. The van der Waals surface area contributed by atoms with E-state index in [2.05, 4.69) is 11.8 Å². The fraction of sp³-hybridized carbons (Fsp3) is 0.222. The zero-order chi connectivity index (χ0) is 24.9. The Bertz CT molecular complexity index is 1360. The highest BCUT2D eigenvalue weighted by Crippen LogP contribution is 2.25. The van der Waals surface area contributed by atoms with E-state index in [1.807, 2.05) is 6.92 Å². The zero-order valence-electron chi connectivity index (χ0n) is 19.4. The number of hydrogen-bond donors (Lipinski definition) is 0. The molecule has 5 nitrogen and oxygen atoms in total. The van der Waals surface area contributed by atoms with Crippen LogP contribution in [0.15, 0.2) is 76.5 Å². The number of carbonyl (C=O) groups excluding carboxylic acids is 1. The number of aryl methyl sites for hydroxylation is 1. The highest BCUT2D eigenvalue weighted by molar-refractivity contribution is 7.91. The first-order valence-corrected chi connectivity index (χ1v) is 12.4. The van der Waals surface area contributed by atoms with Crippen LogP contribution in [0.3, 0.4) is 0 Å². The molecular formula is C27H25ClO5S. The van der Waals surface area contributed by atoms with E-state index in [0.717, 1.165) is 5.56 Å². The second kappa shape index (κ2) is 10.3. The van der Waals surface area contributed by atoms with Gasteiger partial charge in [-0.25, -0.2) is 13.2 Å². The number of carbonyl (C=O) groups is 1. The lowest BCUT2D eigenvalue weighted by atomic mass is 10.1. The van der Waals surface area contributed by atoms with Gasteiger partial charge in [-0.15, -0.1) is 0 Å². The van der Waals surface area contributed by atoms with Gasteiger partial charge in [-0.1, -0.05) is 47.7 Å². The molecule has 0 saturated carbocycles. The van der Waals surface area contributed by atoms with Crippen LogP contribution in [0, 0.1) is 18.8 Å². The number of hydrogen-bond acceptors (Lipinski definition) is 5. The first kappa shape index (κ1) is 25.4. The number of sulfone groups is 1. The third kappa shape index (κ3) is 6.63. The van der Waals surface area contributed by atoms with Crippen LogP contribution in [-0.4, -0.2) is 26.6 Å². The molecule has 0 aliphatic heterocycles.